The van der Waals surface area contributed by atoms with E-state index >= 15 is 0 Å². The van der Waals surface area contributed by atoms with Crippen molar-refractivity contribution in [3.63, 3.8) is 0 Å². The van der Waals surface area contributed by atoms with Crippen molar-refractivity contribution in [2.75, 3.05) is 11.1 Å². The van der Waals surface area contributed by atoms with Crippen molar-refractivity contribution in [1.29, 1.82) is 0 Å². The SMILES string of the molecule is CC(C)(C)OC(=O)N1C[Si](C)(C)Cc2c1ccnc2Cl. The molecule has 2 rings (SSSR count). The van der Waals surface area contributed by atoms with E-state index in [-0.39, 0.29) is 6.09 Å². The zero-order valence-electron chi connectivity index (χ0n) is 12.7. The van der Waals surface area contributed by atoms with Crippen molar-refractivity contribution in [3.05, 3.63) is 23.0 Å². The van der Waals surface area contributed by atoms with Crippen molar-refractivity contribution < 1.29 is 9.53 Å². The summed E-state index contributed by atoms with van der Waals surface area (Å²) in [6.07, 6.45) is 2.08. The first kappa shape index (κ1) is 15.3. The number of anilines is 1. The molecule has 0 bridgehead atoms. The van der Waals surface area contributed by atoms with Crippen LogP contribution in [0.25, 0.3) is 0 Å². The number of amides is 1. The number of hydrogen-bond donors (Lipinski definition) is 0. The third-order valence-corrected chi connectivity index (χ3v) is 5.93. The summed E-state index contributed by atoms with van der Waals surface area (Å²) in [7, 11) is -1.57. The van der Waals surface area contributed by atoms with Gasteiger partial charge in [0.05, 0.1) is 13.8 Å². The molecule has 0 atom stereocenters. The Morgan fingerprint density at radius 3 is 2.70 bits per heavy atom. The lowest BCUT2D eigenvalue weighted by Crippen LogP contribution is -2.52. The Labute approximate surface area is 126 Å². The number of aromatic nitrogens is 1. The standard InChI is InChI=1S/C14H21ClN2O2Si/c1-14(2,3)19-13(18)17-9-20(4,5)8-10-11(17)6-7-16-12(10)15/h6-7H,8-9H2,1-5H3. The smallest absolute Gasteiger partial charge is 0.414 e. The molecular weight excluding hydrogens is 292 g/mol. The van der Waals surface area contributed by atoms with Gasteiger partial charge in [-0.2, -0.15) is 0 Å². The molecule has 0 saturated carbocycles. The van der Waals surface area contributed by atoms with Crippen LogP contribution in [0.1, 0.15) is 26.3 Å². The minimum atomic E-state index is -1.57. The molecular formula is C14H21ClN2O2Si. The topological polar surface area (TPSA) is 42.4 Å². The number of pyridine rings is 1. The number of nitrogens with zero attached hydrogens (tertiary/aromatic N) is 2. The van der Waals surface area contributed by atoms with Crippen molar-refractivity contribution in [3.8, 4) is 0 Å². The maximum Gasteiger partial charge on any atom is 0.414 e. The molecule has 20 heavy (non-hydrogen) atoms. The molecule has 0 aromatic carbocycles. The van der Waals surface area contributed by atoms with E-state index in [0.29, 0.717) is 5.15 Å². The third kappa shape index (κ3) is 3.33. The van der Waals surface area contributed by atoms with Crippen LogP contribution in [-0.4, -0.2) is 30.9 Å². The van der Waals surface area contributed by atoms with E-state index in [2.05, 4.69) is 18.1 Å². The van der Waals surface area contributed by atoms with Gasteiger partial charge in [-0.1, -0.05) is 24.7 Å². The molecule has 1 aromatic rings. The summed E-state index contributed by atoms with van der Waals surface area (Å²) in [5.74, 6) is 0. The first-order valence-corrected chi connectivity index (χ1v) is 10.5. The summed E-state index contributed by atoms with van der Waals surface area (Å²) in [5, 5.41) is 0.497. The van der Waals surface area contributed by atoms with Gasteiger partial charge in [-0.15, -0.1) is 0 Å². The van der Waals surface area contributed by atoms with Crippen LogP contribution >= 0.6 is 11.6 Å². The van der Waals surface area contributed by atoms with Crippen molar-refractivity contribution in [2.24, 2.45) is 0 Å². The van der Waals surface area contributed by atoms with Gasteiger partial charge in [-0.05, 0) is 32.9 Å². The molecule has 0 saturated heterocycles. The highest BCUT2D eigenvalue weighted by molar-refractivity contribution is 6.78. The quantitative estimate of drug-likeness (QED) is 0.540. The largest absolute Gasteiger partial charge is 0.443 e. The lowest BCUT2D eigenvalue weighted by Gasteiger charge is -2.38. The molecule has 0 N–H and O–H groups in total. The third-order valence-electron chi connectivity index (χ3n) is 3.12. The fraction of sp³-hybridized carbons (Fsp3) is 0.571. The zero-order valence-corrected chi connectivity index (χ0v) is 14.4. The highest BCUT2D eigenvalue weighted by Crippen LogP contribution is 2.35. The van der Waals surface area contributed by atoms with E-state index in [4.69, 9.17) is 16.3 Å². The Balaban J connectivity index is 2.40. The Morgan fingerprint density at radius 2 is 2.10 bits per heavy atom. The molecule has 1 aliphatic rings. The fourth-order valence-corrected chi connectivity index (χ4v) is 5.31. The van der Waals surface area contributed by atoms with Crippen LogP contribution in [0.4, 0.5) is 10.5 Å². The molecule has 2 heterocycles. The Morgan fingerprint density at radius 1 is 1.45 bits per heavy atom. The summed E-state index contributed by atoms with van der Waals surface area (Å²) < 4.78 is 5.51. The number of hydrogen-bond acceptors (Lipinski definition) is 3. The Bertz CT molecular complexity index is 540. The highest BCUT2D eigenvalue weighted by Gasteiger charge is 2.37. The maximum absolute atomic E-state index is 12.4. The second kappa shape index (κ2) is 5.04. The van der Waals surface area contributed by atoms with Crippen LogP contribution in [0.3, 0.4) is 0 Å². The van der Waals surface area contributed by atoms with Crippen LogP contribution in [-0.2, 0) is 10.8 Å². The molecule has 0 unspecified atom stereocenters. The van der Waals surface area contributed by atoms with Crippen molar-refractivity contribution in [1.82, 2.24) is 4.98 Å². The average molecular weight is 313 g/mol. The van der Waals surface area contributed by atoms with Crippen LogP contribution in [0.15, 0.2) is 12.3 Å². The van der Waals surface area contributed by atoms with Gasteiger partial charge in [0.2, 0.25) is 0 Å². The van der Waals surface area contributed by atoms with Gasteiger partial charge < -0.3 is 4.74 Å². The minimum Gasteiger partial charge on any atom is -0.443 e. The van der Waals surface area contributed by atoms with Gasteiger partial charge in [0, 0.05) is 17.9 Å². The number of fused-ring (bicyclic) bond motifs is 1. The summed E-state index contributed by atoms with van der Waals surface area (Å²) in [6, 6.07) is 2.78. The van der Waals surface area contributed by atoms with Crippen LogP contribution in [0, 0.1) is 0 Å². The van der Waals surface area contributed by atoms with E-state index in [1.54, 1.807) is 11.1 Å². The second-order valence-corrected chi connectivity index (χ2v) is 12.4. The molecule has 0 spiro atoms. The van der Waals surface area contributed by atoms with E-state index in [1.807, 2.05) is 26.8 Å². The molecule has 0 aliphatic carbocycles. The number of ether oxygens (including phenoxy) is 1. The number of carbonyl (C=O) groups excluding carboxylic acids is 1. The highest BCUT2D eigenvalue weighted by atomic mass is 35.5. The van der Waals surface area contributed by atoms with E-state index < -0.39 is 13.7 Å². The van der Waals surface area contributed by atoms with Crippen molar-refractivity contribution in [2.45, 2.75) is 45.5 Å². The molecule has 1 aromatic heterocycles. The van der Waals surface area contributed by atoms with Gasteiger partial charge in [0.1, 0.15) is 10.8 Å². The van der Waals surface area contributed by atoms with Gasteiger partial charge in [0.15, 0.2) is 0 Å². The normalized spacial score (nSPS) is 17.6. The van der Waals surface area contributed by atoms with Gasteiger partial charge in [-0.3, -0.25) is 4.90 Å². The van der Waals surface area contributed by atoms with Gasteiger partial charge in [-0.25, -0.2) is 9.78 Å². The Hall–Kier alpha value is -1.07. The average Bonchev–Trinajstić information content (AvgIpc) is 2.26. The minimum absolute atomic E-state index is 0.304. The van der Waals surface area contributed by atoms with Crippen LogP contribution in [0.5, 0.6) is 0 Å². The zero-order chi connectivity index (χ0) is 15.1. The molecule has 6 heteroatoms. The number of rotatable bonds is 0. The lowest BCUT2D eigenvalue weighted by atomic mass is 10.2. The second-order valence-electron chi connectivity index (χ2n) is 7.01. The van der Waals surface area contributed by atoms with Crippen LogP contribution < -0.4 is 4.90 Å². The number of carbonyl (C=O) groups is 1. The van der Waals surface area contributed by atoms with E-state index in [0.717, 1.165) is 23.5 Å². The molecule has 110 valence electrons. The summed E-state index contributed by atoms with van der Waals surface area (Å²) in [6.45, 7) is 10.1. The molecule has 4 nitrogen and oxygen atoms in total. The summed E-state index contributed by atoms with van der Waals surface area (Å²) in [5.41, 5.74) is 1.31. The predicted octanol–water partition coefficient (Wildman–Crippen LogP) is 3.82. The van der Waals surface area contributed by atoms with Gasteiger partial charge >= 0.3 is 6.09 Å². The molecule has 1 amide bonds. The molecule has 0 radical (unpaired) electrons. The van der Waals surface area contributed by atoms with E-state index in [9.17, 15) is 4.79 Å². The molecule has 0 fully saturated rings. The lowest BCUT2D eigenvalue weighted by molar-refractivity contribution is 0.0584. The first-order chi connectivity index (χ1) is 9.09. The van der Waals surface area contributed by atoms with E-state index in [1.165, 1.54) is 0 Å². The van der Waals surface area contributed by atoms with Crippen LogP contribution in [0.2, 0.25) is 18.2 Å². The maximum atomic E-state index is 12.4. The predicted molar refractivity (Wildman–Crippen MR) is 84.0 cm³/mol. The Kier molecular flexibility index (Phi) is 3.86. The fourth-order valence-electron chi connectivity index (χ4n) is 2.40. The first-order valence-electron chi connectivity index (χ1n) is 6.73. The summed E-state index contributed by atoms with van der Waals surface area (Å²) >= 11 is 6.20. The monoisotopic (exact) mass is 312 g/mol. The number of halogens is 1. The van der Waals surface area contributed by atoms with Gasteiger partial charge in [0.25, 0.3) is 0 Å². The molecule has 1 aliphatic heterocycles. The van der Waals surface area contributed by atoms with Crippen molar-refractivity contribution >= 4 is 31.5 Å². The summed E-state index contributed by atoms with van der Waals surface area (Å²) in [4.78, 5) is 18.3.